The Morgan fingerprint density at radius 1 is 1.61 bits per heavy atom. The van der Waals surface area contributed by atoms with Crippen LogP contribution in [0.25, 0.3) is 0 Å². The molecule has 0 bridgehead atoms. The molecule has 1 saturated heterocycles. The van der Waals surface area contributed by atoms with Crippen LogP contribution in [0, 0.1) is 0 Å². The van der Waals surface area contributed by atoms with E-state index in [0.29, 0.717) is 5.69 Å². The molecule has 6 nitrogen and oxygen atoms in total. The Balaban J connectivity index is 2.15. The molecule has 0 spiro atoms. The van der Waals surface area contributed by atoms with Crippen LogP contribution >= 0.6 is 0 Å². The molecule has 1 amide bonds. The van der Waals surface area contributed by atoms with Gasteiger partial charge in [-0.3, -0.25) is 14.4 Å². The maximum atomic E-state index is 12.0. The number of amides is 1. The molecule has 1 aliphatic rings. The molecule has 2 heterocycles. The number of nitrogens with zero attached hydrogens (tertiary/aromatic N) is 4. The van der Waals surface area contributed by atoms with Gasteiger partial charge in [-0.15, -0.1) is 0 Å². The molecular formula is C12H21N5O. The first-order valence-corrected chi connectivity index (χ1v) is 6.19. The van der Waals surface area contributed by atoms with Crippen LogP contribution in [0.3, 0.4) is 0 Å². The summed E-state index contributed by atoms with van der Waals surface area (Å²) >= 11 is 0. The van der Waals surface area contributed by atoms with Crippen molar-refractivity contribution in [1.29, 1.82) is 0 Å². The maximum Gasteiger partial charge on any atom is 0.274 e. The molecule has 2 N–H and O–H groups in total. The normalized spacial score (nSPS) is 20.3. The third-order valence-corrected chi connectivity index (χ3v) is 3.22. The average molecular weight is 251 g/mol. The third kappa shape index (κ3) is 2.70. The highest BCUT2D eigenvalue weighted by Gasteiger charge is 2.23. The summed E-state index contributed by atoms with van der Waals surface area (Å²) in [6.07, 6.45) is 2.94. The van der Waals surface area contributed by atoms with E-state index in [9.17, 15) is 4.79 Å². The molecule has 0 aliphatic carbocycles. The van der Waals surface area contributed by atoms with Crippen LogP contribution in [0.15, 0.2) is 6.20 Å². The Labute approximate surface area is 107 Å². The van der Waals surface area contributed by atoms with Crippen LogP contribution in [0.5, 0.6) is 0 Å². The standard InChI is InChI=1S/C12H21N5O/c1-15(2)12(18)11-9(6-16(3)14-11)7-17-5-4-10(13)8-17/h6,10H,4-5,7-8,13H2,1-3H3. The fourth-order valence-electron chi connectivity index (χ4n) is 2.29. The van der Waals surface area contributed by atoms with Crippen LogP contribution in [0.2, 0.25) is 0 Å². The van der Waals surface area contributed by atoms with Crippen molar-refractivity contribution in [2.45, 2.75) is 19.0 Å². The van der Waals surface area contributed by atoms with Gasteiger partial charge in [0.25, 0.3) is 5.91 Å². The second-order valence-electron chi connectivity index (χ2n) is 5.16. The van der Waals surface area contributed by atoms with E-state index in [1.807, 2.05) is 13.2 Å². The molecule has 1 unspecified atom stereocenters. The van der Waals surface area contributed by atoms with Gasteiger partial charge in [0.1, 0.15) is 0 Å². The van der Waals surface area contributed by atoms with Gasteiger partial charge in [-0.2, -0.15) is 5.10 Å². The fraction of sp³-hybridized carbons (Fsp3) is 0.667. The molecule has 0 saturated carbocycles. The molecule has 18 heavy (non-hydrogen) atoms. The number of likely N-dealkylation sites (tertiary alicyclic amines) is 1. The lowest BCUT2D eigenvalue weighted by Gasteiger charge is -2.15. The molecule has 0 aromatic carbocycles. The summed E-state index contributed by atoms with van der Waals surface area (Å²) in [6.45, 7) is 2.63. The largest absolute Gasteiger partial charge is 0.343 e. The van der Waals surface area contributed by atoms with E-state index in [0.717, 1.165) is 31.6 Å². The Hall–Kier alpha value is -1.40. The lowest BCUT2D eigenvalue weighted by atomic mass is 10.2. The number of carbonyl (C=O) groups excluding carboxylic acids is 1. The van der Waals surface area contributed by atoms with E-state index in [1.54, 1.807) is 23.7 Å². The van der Waals surface area contributed by atoms with Crippen molar-refractivity contribution in [1.82, 2.24) is 19.6 Å². The second kappa shape index (κ2) is 5.07. The first-order valence-electron chi connectivity index (χ1n) is 6.19. The van der Waals surface area contributed by atoms with Gasteiger partial charge in [-0.1, -0.05) is 0 Å². The number of carbonyl (C=O) groups is 1. The highest BCUT2D eigenvalue weighted by atomic mass is 16.2. The summed E-state index contributed by atoms with van der Waals surface area (Å²) in [5.74, 6) is -0.0471. The third-order valence-electron chi connectivity index (χ3n) is 3.22. The number of aryl methyl sites for hydroxylation is 1. The van der Waals surface area contributed by atoms with Gasteiger partial charge in [0.15, 0.2) is 5.69 Å². The van der Waals surface area contributed by atoms with E-state index in [4.69, 9.17) is 5.73 Å². The van der Waals surface area contributed by atoms with Gasteiger partial charge in [0.2, 0.25) is 0 Å². The van der Waals surface area contributed by atoms with E-state index in [2.05, 4.69) is 10.00 Å². The molecular weight excluding hydrogens is 230 g/mol. The van der Waals surface area contributed by atoms with Crippen molar-refractivity contribution < 1.29 is 4.79 Å². The highest BCUT2D eigenvalue weighted by molar-refractivity contribution is 5.93. The monoisotopic (exact) mass is 251 g/mol. The lowest BCUT2D eigenvalue weighted by Crippen LogP contribution is -2.28. The number of aromatic nitrogens is 2. The van der Waals surface area contributed by atoms with Crippen molar-refractivity contribution in [3.05, 3.63) is 17.5 Å². The zero-order valence-electron chi connectivity index (χ0n) is 11.3. The van der Waals surface area contributed by atoms with Crippen LogP contribution in [0.4, 0.5) is 0 Å². The fourth-order valence-corrected chi connectivity index (χ4v) is 2.29. The van der Waals surface area contributed by atoms with Crippen LogP contribution in [-0.2, 0) is 13.6 Å². The summed E-state index contributed by atoms with van der Waals surface area (Å²) in [6, 6.07) is 0.259. The van der Waals surface area contributed by atoms with Gasteiger partial charge in [0.05, 0.1) is 0 Å². The Bertz CT molecular complexity index is 440. The average Bonchev–Trinajstić information content (AvgIpc) is 2.84. The number of rotatable bonds is 3. The van der Waals surface area contributed by atoms with Crippen molar-refractivity contribution in [3.8, 4) is 0 Å². The van der Waals surface area contributed by atoms with E-state index < -0.39 is 0 Å². The van der Waals surface area contributed by atoms with Gasteiger partial charge < -0.3 is 10.6 Å². The Morgan fingerprint density at radius 2 is 2.33 bits per heavy atom. The van der Waals surface area contributed by atoms with Crippen molar-refractivity contribution in [3.63, 3.8) is 0 Å². The van der Waals surface area contributed by atoms with Crippen LogP contribution in [0.1, 0.15) is 22.5 Å². The smallest absolute Gasteiger partial charge is 0.274 e. The van der Waals surface area contributed by atoms with Gasteiger partial charge >= 0.3 is 0 Å². The van der Waals surface area contributed by atoms with Gasteiger partial charge in [-0.05, 0) is 6.42 Å². The Kier molecular flexibility index (Phi) is 3.68. The summed E-state index contributed by atoms with van der Waals surface area (Å²) in [4.78, 5) is 15.9. The van der Waals surface area contributed by atoms with E-state index in [1.165, 1.54) is 0 Å². The number of nitrogens with two attached hydrogens (primary N) is 1. The molecule has 0 radical (unpaired) electrons. The minimum Gasteiger partial charge on any atom is -0.343 e. The second-order valence-corrected chi connectivity index (χ2v) is 5.16. The number of hydrogen-bond acceptors (Lipinski definition) is 4. The van der Waals surface area contributed by atoms with Gasteiger partial charge in [-0.25, -0.2) is 0 Å². The SMILES string of the molecule is CN(C)C(=O)c1nn(C)cc1CN1CCC(N)C1. The molecule has 1 fully saturated rings. The zero-order chi connectivity index (χ0) is 13.3. The minimum atomic E-state index is -0.0471. The lowest BCUT2D eigenvalue weighted by molar-refractivity contribution is 0.0819. The summed E-state index contributed by atoms with van der Waals surface area (Å²) in [5.41, 5.74) is 7.41. The van der Waals surface area contributed by atoms with Gasteiger partial charge in [0, 0.05) is 58.6 Å². The molecule has 1 aromatic heterocycles. The van der Waals surface area contributed by atoms with Crippen LogP contribution in [-0.4, -0.2) is 58.7 Å². The quantitative estimate of drug-likeness (QED) is 0.797. The summed E-state index contributed by atoms with van der Waals surface area (Å²) < 4.78 is 1.70. The zero-order valence-corrected chi connectivity index (χ0v) is 11.3. The minimum absolute atomic E-state index is 0.0471. The predicted molar refractivity (Wildman–Crippen MR) is 69.1 cm³/mol. The topological polar surface area (TPSA) is 67.4 Å². The summed E-state index contributed by atoms with van der Waals surface area (Å²) in [7, 11) is 5.32. The van der Waals surface area contributed by atoms with Crippen LogP contribution < -0.4 is 5.73 Å². The Morgan fingerprint density at radius 3 is 2.89 bits per heavy atom. The first-order chi connectivity index (χ1) is 8.47. The van der Waals surface area contributed by atoms with E-state index in [-0.39, 0.29) is 11.9 Å². The molecule has 100 valence electrons. The van der Waals surface area contributed by atoms with Crippen molar-refractivity contribution >= 4 is 5.91 Å². The predicted octanol–water partition coefficient (Wildman–Crippen LogP) is -0.345. The molecule has 1 atom stereocenters. The molecule has 1 aromatic rings. The maximum absolute atomic E-state index is 12.0. The van der Waals surface area contributed by atoms with Crippen molar-refractivity contribution in [2.24, 2.45) is 12.8 Å². The highest BCUT2D eigenvalue weighted by Crippen LogP contribution is 2.15. The molecule has 2 rings (SSSR count). The first kappa shape index (κ1) is 13.0. The molecule has 1 aliphatic heterocycles. The van der Waals surface area contributed by atoms with E-state index >= 15 is 0 Å². The summed E-state index contributed by atoms with van der Waals surface area (Å²) in [5, 5.41) is 4.26. The van der Waals surface area contributed by atoms with Crippen molar-refractivity contribution in [2.75, 3.05) is 27.2 Å². The number of hydrogen-bond donors (Lipinski definition) is 1. The molecule has 6 heteroatoms.